The molecule has 4 heterocycles. The molecule has 132 valence electrons. The Hall–Kier alpha value is -3.45. The summed E-state index contributed by atoms with van der Waals surface area (Å²) in [7, 11) is 1.60. The van der Waals surface area contributed by atoms with E-state index in [1.165, 1.54) is 10.1 Å². The highest BCUT2D eigenvalue weighted by Gasteiger charge is 2.11. The molecule has 1 aromatic carbocycles. The first kappa shape index (κ1) is 15.8. The van der Waals surface area contributed by atoms with Gasteiger partial charge >= 0.3 is 0 Å². The number of methoxy groups -OCH3 is 1. The monoisotopic (exact) mass is 373 g/mol. The Morgan fingerprint density at radius 1 is 1.00 bits per heavy atom. The molecule has 0 saturated carbocycles. The molecule has 0 bridgehead atoms. The summed E-state index contributed by atoms with van der Waals surface area (Å²) in [4.78, 5) is 9.98. The second-order valence-corrected chi connectivity index (χ2v) is 7.05. The van der Waals surface area contributed by atoms with Gasteiger partial charge in [-0.05, 0) is 35.7 Å². The molecule has 0 unspecified atom stereocenters. The van der Waals surface area contributed by atoms with Crippen molar-refractivity contribution in [3.8, 4) is 16.5 Å². The van der Waals surface area contributed by atoms with E-state index in [0.717, 1.165) is 16.2 Å². The van der Waals surface area contributed by atoms with Crippen LogP contribution in [0.1, 0.15) is 0 Å². The van der Waals surface area contributed by atoms with E-state index < -0.39 is 0 Å². The minimum Gasteiger partial charge on any atom is -0.481 e. The normalized spacial score (nSPS) is 11.1. The zero-order valence-corrected chi connectivity index (χ0v) is 15.3. The summed E-state index contributed by atoms with van der Waals surface area (Å²) in [5, 5.41) is 9.14. The maximum absolute atomic E-state index is 5.17. The number of anilines is 2. The molecule has 6 nitrogen and oxygen atoms in total. The van der Waals surface area contributed by atoms with Gasteiger partial charge in [0.2, 0.25) is 5.88 Å². The third kappa shape index (κ3) is 2.88. The quantitative estimate of drug-likeness (QED) is 0.492. The number of pyridine rings is 1. The van der Waals surface area contributed by atoms with Gasteiger partial charge in [0.15, 0.2) is 11.5 Å². The Bertz CT molecular complexity index is 1230. The number of rotatable bonds is 4. The zero-order valence-electron chi connectivity index (χ0n) is 14.5. The molecule has 0 radical (unpaired) electrons. The Balaban J connectivity index is 1.55. The molecule has 0 aliphatic heterocycles. The molecule has 1 N–H and O–H groups in total. The van der Waals surface area contributed by atoms with E-state index >= 15 is 0 Å². The molecule has 5 rings (SSSR count). The molecule has 0 fully saturated rings. The fourth-order valence-electron chi connectivity index (χ4n) is 2.95. The highest BCUT2D eigenvalue weighted by atomic mass is 32.1. The molecule has 5 aromatic rings. The number of hydrogen-bond donors (Lipinski definition) is 1. The van der Waals surface area contributed by atoms with Crippen LogP contribution < -0.4 is 10.1 Å². The van der Waals surface area contributed by atoms with Crippen LogP contribution in [0.25, 0.3) is 26.3 Å². The van der Waals surface area contributed by atoms with E-state index in [2.05, 4.69) is 45.6 Å². The van der Waals surface area contributed by atoms with E-state index in [1.54, 1.807) is 24.5 Å². The van der Waals surface area contributed by atoms with E-state index in [9.17, 15) is 0 Å². The predicted molar refractivity (Wildman–Crippen MR) is 108 cm³/mol. The summed E-state index contributed by atoms with van der Waals surface area (Å²) in [6, 6.07) is 19.9. The van der Waals surface area contributed by atoms with Crippen LogP contribution in [0.15, 0.2) is 66.9 Å². The van der Waals surface area contributed by atoms with Crippen LogP contribution in [-0.2, 0) is 0 Å². The van der Waals surface area contributed by atoms with Crippen molar-refractivity contribution in [2.75, 3.05) is 12.4 Å². The van der Waals surface area contributed by atoms with Gasteiger partial charge in [0.25, 0.3) is 0 Å². The Morgan fingerprint density at radius 3 is 2.81 bits per heavy atom. The van der Waals surface area contributed by atoms with E-state index in [4.69, 9.17) is 9.84 Å². The van der Waals surface area contributed by atoms with Gasteiger partial charge in [0.05, 0.1) is 18.2 Å². The lowest BCUT2D eigenvalue weighted by Crippen LogP contribution is -2.01. The van der Waals surface area contributed by atoms with Gasteiger partial charge in [-0.3, -0.25) is 0 Å². The standard InChI is InChI=1S/C20H15N5OS/c1-26-20-8-4-7-17(23-20)22-18-9-10-19-21-12-14(25(19)24-18)16-11-13-5-2-3-6-15(13)27-16/h2-12H,1H3,(H,22,23,24). The molecule has 4 aromatic heterocycles. The van der Waals surface area contributed by atoms with Crippen LogP contribution in [0.4, 0.5) is 11.6 Å². The van der Waals surface area contributed by atoms with Crippen molar-refractivity contribution >= 4 is 38.7 Å². The molecular weight excluding hydrogens is 358 g/mol. The van der Waals surface area contributed by atoms with E-state index in [-0.39, 0.29) is 0 Å². The van der Waals surface area contributed by atoms with Crippen molar-refractivity contribution in [3.05, 3.63) is 66.9 Å². The largest absolute Gasteiger partial charge is 0.481 e. The minimum absolute atomic E-state index is 0.551. The van der Waals surface area contributed by atoms with Crippen LogP contribution in [0.3, 0.4) is 0 Å². The number of benzene rings is 1. The van der Waals surface area contributed by atoms with Crippen molar-refractivity contribution in [1.29, 1.82) is 0 Å². The smallest absolute Gasteiger partial charge is 0.214 e. The van der Waals surface area contributed by atoms with Gasteiger partial charge in [-0.25, -0.2) is 9.50 Å². The van der Waals surface area contributed by atoms with Gasteiger partial charge in [-0.15, -0.1) is 16.4 Å². The summed E-state index contributed by atoms with van der Waals surface area (Å²) in [6.07, 6.45) is 1.86. The maximum Gasteiger partial charge on any atom is 0.214 e. The van der Waals surface area contributed by atoms with Crippen molar-refractivity contribution in [1.82, 2.24) is 19.6 Å². The topological polar surface area (TPSA) is 64.3 Å². The van der Waals surface area contributed by atoms with Crippen LogP contribution in [0.2, 0.25) is 0 Å². The summed E-state index contributed by atoms with van der Waals surface area (Å²) < 4.78 is 8.27. The van der Waals surface area contributed by atoms with Gasteiger partial charge in [-0.1, -0.05) is 24.3 Å². The molecule has 7 heteroatoms. The first-order valence-corrected chi connectivity index (χ1v) is 9.24. The van der Waals surface area contributed by atoms with Crippen molar-refractivity contribution < 1.29 is 4.74 Å². The molecule has 0 saturated heterocycles. The average molecular weight is 373 g/mol. The van der Waals surface area contributed by atoms with Crippen LogP contribution in [0.5, 0.6) is 5.88 Å². The van der Waals surface area contributed by atoms with Crippen molar-refractivity contribution in [3.63, 3.8) is 0 Å². The number of ether oxygens (including phenoxy) is 1. The van der Waals surface area contributed by atoms with Crippen LogP contribution in [-0.4, -0.2) is 26.7 Å². The summed E-state index contributed by atoms with van der Waals surface area (Å²) >= 11 is 1.73. The molecule has 0 spiro atoms. The van der Waals surface area contributed by atoms with Crippen molar-refractivity contribution in [2.24, 2.45) is 0 Å². The predicted octanol–water partition coefficient (Wildman–Crippen LogP) is 4.76. The number of fused-ring (bicyclic) bond motifs is 2. The SMILES string of the molecule is COc1cccc(Nc2ccc3ncc(-c4cc5ccccc5s4)n3n2)n1. The molecular formula is C20H15N5OS. The minimum atomic E-state index is 0.551. The third-order valence-electron chi connectivity index (χ3n) is 4.23. The lowest BCUT2D eigenvalue weighted by atomic mass is 10.2. The van der Waals surface area contributed by atoms with Crippen LogP contribution in [0, 0.1) is 0 Å². The van der Waals surface area contributed by atoms with Gasteiger partial charge < -0.3 is 10.1 Å². The maximum atomic E-state index is 5.17. The summed E-state index contributed by atoms with van der Waals surface area (Å²) in [5.74, 6) is 1.91. The average Bonchev–Trinajstić information content (AvgIpc) is 3.31. The molecule has 0 aliphatic rings. The molecule has 0 atom stereocenters. The van der Waals surface area contributed by atoms with Crippen LogP contribution >= 0.6 is 11.3 Å². The lowest BCUT2D eigenvalue weighted by molar-refractivity contribution is 0.398. The van der Waals surface area contributed by atoms with Gasteiger partial charge in [0, 0.05) is 10.8 Å². The molecule has 0 amide bonds. The lowest BCUT2D eigenvalue weighted by Gasteiger charge is -2.07. The van der Waals surface area contributed by atoms with E-state index in [1.807, 2.05) is 35.0 Å². The number of nitrogens with zero attached hydrogens (tertiary/aromatic N) is 4. The van der Waals surface area contributed by atoms with Gasteiger partial charge in [0.1, 0.15) is 11.5 Å². The molecule has 27 heavy (non-hydrogen) atoms. The highest BCUT2D eigenvalue weighted by molar-refractivity contribution is 7.22. The summed E-state index contributed by atoms with van der Waals surface area (Å²) in [6.45, 7) is 0. The Labute approximate surface area is 159 Å². The second-order valence-electron chi connectivity index (χ2n) is 5.97. The highest BCUT2D eigenvalue weighted by Crippen LogP contribution is 2.33. The van der Waals surface area contributed by atoms with E-state index in [0.29, 0.717) is 17.5 Å². The zero-order chi connectivity index (χ0) is 18.2. The van der Waals surface area contributed by atoms with Crippen molar-refractivity contribution in [2.45, 2.75) is 0 Å². The number of hydrogen-bond acceptors (Lipinski definition) is 6. The van der Waals surface area contributed by atoms with Gasteiger partial charge in [-0.2, -0.15) is 4.98 Å². The number of aromatic nitrogens is 4. The number of nitrogens with one attached hydrogen (secondary N) is 1. The first-order chi connectivity index (χ1) is 13.3. The second kappa shape index (κ2) is 6.37. The Morgan fingerprint density at radius 2 is 1.93 bits per heavy atom. The summed E-state index contributed by atoms with van der Waals surface area (Å²) in [5.41, 5.74) is 1.76. The fourth-order valence-corrected chi connectivity index (χ4v) is 4.00. The number of thiophene rings is 1. The third-order valence-corrected chi connectivity index (χ3v) is 5.37. The molecule has 0 aliphatic carbocycles. The number of imidazole rings is 1. The Kier molecular flexibility index (Phi) is 3.72. The fraction of sp³-hybridized carbons (Fsp3) is 0.0500. The first-order valence-electron chi connectivity index (χ1n) is 8.42.